The molecule has 2 aromatic carbocycles. The Morgan fingerprint density at radius 1 is 1.04 bits per heavy atom. The van der Waals surface area contributed by atoms with Crippen molar-refractivity contribution >= 4 is 17.6 Å². The second kappa shape index (κ2) is 13.2. The summed E-state index contributed by atoms with van der Waals surface area (Å²) in [6.07, 6.45) is 2.90. The topological polar surface area (TPSA) is 138 Å². The standard InChI is InChI=1S/C33H34F2N6O6/c1-19(2)40-15-24(31(44)41(32(40)45)22-9-6-20(34)7-10-22)29(43)38-21-8-11-27(25(35)14-21)46-30-23-12-13-39(16-26(23)36-18-37-30)17-28(42)47-33(3,4)5/h6-11,14-15,18-19H,12-13,16-17H2,1-5H3,(H,38,43). The average molecular weight is 649 g/mol. The average Bonchev–Trinajstić information content (AvgIpc) is 2.98. The van der Waals surface area contributed by atoms with Crippen LogP contribution >= 0.6 is 0 Å². The van der Waals surface area contributed by atoms with Crippen LogP contribution in [0.15, 0.2) is 64.6 Å². The van der Waals surface area contributed by atoms with Crippen molar-refractivity contribution in [2.45, 2.75) is 59.2 Å². The van der Waals surface area contributed by atoms with Gasteiger partial charge in [-0.05, 0) is 77.4 Å². The van der Waals surface area contributed by atoms with Crippen LogP contribution in [0.4, 0.5) is 14.5 Å². The largest absolute Gasteiger partial charge is 0.459 e. The third-order valence-corrected chi connectivity index (χ3v) is 7.22. The smallest absolute Gasteiger partial charge is 0.335 e. The molecule has 246 valence electrons. The molecule has 12 nitrogen and oxygen atoms in total. The van der Waals surface area contributed by atoms with E-state index in [4.69, 9.17) is 9.47 Å². The Bertz CT molecular complexity index is 1950. The highest BCUT2D eigenvalue weighted by Gasteiger charge is 2.26. The zero-order chi connectivity index (χ0) is 34.0. The Morgan fingerprint density at radius 3 is 2.43 bits per heavy atom. The number of halogens is 2. The first kappa shape index (κ1) is 33.1. The second-order valence-corrected chi connectivity index (χ2v) is 12.3. The Kier molecular flexibility index (Phi) is 9.33. The molecule has 0 saturated carbocycles. The van der Waals surface area contributed by atoms with Crippen molar-refractivity contribution in [3.05, 3.63) is 104 Å². The summed E-state index contributed by atoms with van der Waals surface area (Å²) in [7, 11) is 0. The summed E-state index contributed by atoms with van der Waals surface area (Å²) < 4.78 is 42.0. The zero-order valence-electron chi connectivity index (χ0n) is 26.5. The number of nitrogens with one attached hydrogen (secondary N) is 1. The van der Waals surface area contributed by atoms with E-state index in [0.717, 1.165) is 29.0 Å². The highest BCUT2D eigenvalue weighted by Crippen LogP contribution is 2.31. The van der Waals surface area contributed by atoms with Crippen molar-refractivity contribution in [2.75, 3.05) is 18.4 Å². The summed E-state index contributed by atoms with van der Waals surface area (Å²) in [4.78, 5) is 62.3. The summed E-state index contributed by atoms with van der Waals surface area (Å²) in [5.74, 6) is -2.59. The van der Waals surface area contributed by atoms with Gasteiger partial charge in [0.1, 0.15) is 23.3 Å². The van der Waals surface area contributed by atoms with E-state index >= 15 is 4.39 Å². The minimum absolute atomic E-state index is 0.0254. The van der Waals surface area contributed by atoms with Gasteiger partial charge in [0.05, 0.1) is 17.9 Å². The molecule has 0 unspecified atom stereocenters. The lowest BCUT2D eigenvalue weighted by molar-refractivity contribution is -0.156. The number of carbonyl (C=O) groups excluding carboxylic acids is 2. The fraction of sp³-hybridized carbons (Fsp3) is 0.333. The maximum atomic E-state index is 15.3. The van der Waals surface area contributed by atoms with Crippen molar-refractivity contribution in [1.82, 2.24) is 24.0 Å². The Labute approximate surface area is 268 Å². The van der Waals surface area contributed by atoms with Crippen LogP contribution in [-0.4, -0.2) is 54.6 Å². The molecule has 3 heterocycles. The van der Waals surface area contributed by atoms with Crippen LogP contribution in [0, 0.1) is 11.6 Å². The maximum absolute atomic E-state index is 15.3. The van der Waals surface area contributed by atoms with E-state index in [1.807, 2.05) is 4.90 Å². The van der Waals surface area contributed by atoms with Gasteiger partial charge in [0, 0.05) is 42.6 Å². The number of anilines is 1. The Morgan fingerprint density at radius 2 is 1.77 bits per heavy atom. The molecule has 5 rings (SSSR count). The SMILES string of the molecule is CC(C)n1cc(C(=O)Nc2ccc(Oc3ncnc4c3CCN(CC(=O)OC(C)(C)C)C4)c(F)c2)c(=O)n(-c2ccc(F)cc2)c1=O. The van der Waals surface area contributed by atoms with E-state index in [-0.39, 0.29) is 41.1 Å². The van der Waals surface area contributed by atoms with Crippen molar-refractivity contribution < 1.29 is 27.8 Å². The number of carbonyl (C=O) groups is 2. The first-order chi connectivity index (χ1) is 22.2. The third-order valence-electron chi connectivity index (χ3n) is 7.22. The van der Waals surface area contributed by atoms with E-state index in [1.54, 1.807) is 34.6 Å². The van der Waals surface area contributed by atoms with Gasteiger partial charge in [-0.25, -0.2) is 28.1 Å². The van der Waals surface area contributed by atoms with Crippen LogP contribution in [0.3, 0.4) is 0 Å². The number of benzene rings is 2. The quantitative estimate of drug-likeness (QED) is 0.276. The summed E-state index contributed by atoms with van der Waals surface area (Å²) in [6.45, 7) is 9.76. The lowest BCUT2D eigenvalue weighted by atomic mass is 10.1. The van der Waals surface area contributed by atoms with E-state index in [1.165, 1.54) is 35.2 Å². The first-order valence-corrected chi connectivity index (χ1v) is 14.9. The van der Waals surface area contributed by atoms with Crippen molar-refractivity contribution in [3.63, 3.8) is 0 Å². The Hall–Kier alpha value is -5.24. The molecule has 1 aliphatic heterocycles. The number of rotatable bonds is 8. The predicted octanol–water partition coefficient (Wildman–Crippen LogP) is 4.39. The van der Waals surface area contributed by atoms with Gasteiger partial charge < -0.3 is 14.8 Å². The van der Waals surface area contributed by atoms with Crippen molar-refractivity contribution in [3.8, 4) is 17.3 Å². The number of esters is 1. The minimum Gasteiger partial charge on any atom is -0.459 e. The summed E-state index contributed by atoms with van der Waals surface area (Å²) in [5.41, 5.74) is -1.17. The first-order valence-electron chi connectivity index (χ1n) is 14.9. The van der Waals surface area contributed by atoms with E-state index in [9.17, 15) is 23.6 Å². The molecule has 0 bridgehead atoms. The number of aromatic nitrogens is 4. The molecule has 0 atom stereocenters. The molecule has 0 fully saturated rings. The molecule has 0 aliphatic carbocycles. The van der Waals surface area contributed by atoms with Crippen LogP contribution in [0.25, 0.3) is 5.69 Å². The molecule has 0 spiro atoms. The van der Waals surface area contributed by atoms with Crippen LogP contribution in [0.1, 0.15) is 62.3 Å². The normalized spacial score (nSPS) is 13.3. The molecular formula is C33H34F2N6O6. The van der Waals surface area contributed by atoms with Gasteiger partial charge in [-0.15, -0.1) is 0 Å². The van der Waals surface area contributed by atoms with Gasteiger partial charge >= 0.3 is 11.7 Å². The van der Waals surface area contributed by atoms with Gasteiger partial charge in [0.25, 0.3) is 11.5 Å². The zero-order valence-corrected chi connectivity index (χ0v) is 26.5. The molecule has 2 aromatic heterocycles. The third kappa shape index (κ3) is 7.60. The van der Waals surface area contributed by atoms with Gasteiger partial charge in [-0.2, -0.15) is 0 Å². The predicted molar refractivity (Wildman–Crippen MR) is 168 cm³/mol. The highest BCUT2D eigenvalue weighted by atomic mass is 19.1. The van der Waals surface area contributed by atoms with Crippen molar-refractivity contribution in [2.24, 2.45) is 0 Å². The van der Waals surface area contributed by atoms with E-state index in [2.05, 4.69) is 15.3 Å². The van der Waals surface area contributed by atoms with Crippen LogP contribution < -0.4 is 21.3 Å². The number of hydrogen-bond acceptors (Lipinski definition) is 9. The van der Waals surface area contributed by atoms with Gasteiger partial charge in [-0.1, -0.05) is 0 Å². The molecule has 1 aliphatic rings. The summed E-state index contributed by atoms with van der Waals surface area (Å²) in [5, 5.41) is 2.50. The van der Waals surface area contributed by atoms with Gasteiger partial charge in [0.15, 0.2) is 11.6 Å². The van der Waals surface area contributed by atoms with Gasteiger partial charge in [0.2, 0.25) is 5.88 Å². The number of amides is 1. The number of ether oxygens (including phenoxy) is 2. The molecule has 4 aromatic rings. The molecule has 14 heteroatoms. The number of fused-ring (bicyclic) bond motifs is 1. The Balaban J connectivity index is 1.33. The molecule has 1 N–H and O–H groups in total. The summed E-state index contributed by atoms with van der Waals surface area (Å²) in [6, 6.07) is 8.02. The summed E-state index contributed by atoms with van der Waals surface area (Å²) >= 11 is 0. The molecule has 1 amide bonds. The monoisotopic (exact) mass is 648 g/mol. The number of nitrogens with zero attached hydrogens (tertiary/aromatic N) is 5. The van der Waals surface area contributed by atoms with Gasteiger partial charge in [-0.3, -0.25) is 23.9 Å². The lowest BCUT2D eigenvalue weighted by Gasteiger charge is -2.29. The number of hydrogen-bond donors (Lipinski definition) is 1. The van der Waals surface area contributed by atoms with E-state index < -0.39 is 40.4 Å². The molecule has 0 radical (unpaired) electrons. The fourth-order valence-electron chi connectivity index (χ4n) is 5.04. The maximum Gasteiger partial charge on any atom is 0.335 e. The lowest BCUT2D eigenvalue weighted by Crippen LogP contribution is -2.42. The minimum atomic E-state index is -0.922. The van der Waals surface area contributed by atoms with Crippen molar-refractivity contribution in [1.29, 1.82) is 0 Å². The van der Waals surface area contributed by atoms with Crippen LogP contribution in [0.2, 0.25) is 0 Å². The van der Waals surface area contributed by atoms with E-state index in [0.29, 0.717) is 30.8 Å². The van der Waals surface area contributed by atoms with Crippen LogP contribution in [0.5, 0.6) is 11.6 Å². The second-order valence-electron chi connectivity index (χ2n) is 12.3. The highest BCUT2D eigenvalue weighted by molar-refractivity contribution is 6.03. The fourth-order valence-corrected chi connectivity index (χ4v) is 5.04. The molecule has 0 saturated heterocycles. The van der Waals surface area contributed by atoms with Crippen LogP contribution in [-0.2, 0) is 22.5 Å². The molecular weight excluding hydrogens is 614 g/mol. The molecule has 47 heavy (non-hydrogen) atoms.